The Labute approximate surface area is 181 Å². The summed E-state index contributed by atoms with van der Waals surface area (Å²) in [7, 11) is 0. The summed E-state index contributed by atoms with van der Waals surface area (Å²) < 4.78 is 6.15. The van der Waals surface area contributed by atoms with E-state index in [0.717, 1.165) is 34.9 Å². The van der Waals surface area contributed by atoms with Crippen molar-refractivity contribution in [2.45, 2.75) is 82.1 Å². The summed E-state index contributed by atoms with van der Waals surface area (Å²) in [6.45, 7) is 7.03. The number of aromatic nitrogens is 3. The first-order valence-electron chi connectivity index (χ1n) is 11.0. The summed E-state index contributed by atoms with van der Waals surface area (Å²) in [5, 5.41) is 8.83. The monoisotopic (exact) mass is 427 g/mol. The number of nitrogens with one attached hydrogen (secondary N) is 1. The Morgan fingerprint density at radius 3 is 2.23 bits per heavy atom. The van der Waals surface area contributed by atoms with Crippen LogP contribution in [0, 0.1) is 31.6 Å². The molecule has 0 spiro atoms. The van der Waals surface area contributed by atoms with Gasteiger partial charge in [-0.05, 0) is 89.5 Å². The quantitative estimate of drug-likeness (QED) is 0.513. The number of aryl methyl sites for hydroxylation is 1. The standard InChI is InChI=1S/C23H29N3O3S/c1-11-18(13(3)27)12(2)24-19(11)20(28)14(4)30-22-26-25-21(29-22)23-8-15-5-16(9-23)7-17(6-15)10-23/h14-17,24H,5-10H2,1-4H3/t14-,15?,16?,17?,23?/m0/s1. The molecular formula is C23H29N3O3S. The van der Waals surface area contributed by atoms with Crippen LogP contribution >= 0.6 is 11.8 Å². The van der Waals surface area contributed by atoms with E-state index < -0.39 is 0 Å². The lowest BCUT2D eigenvalue weighted by molar-refractivity contribution is -0.0191. The van der Waals surface area contributed by atoms with E-state index in [1.807, 2.05) is 20.8 Å². The number of carbonyl (C=O) groups is 2. The van der Waals surface area contributed by atoms with Gasteiger partial charge >= 0.3 is 0 Å². The van der Waals surface area contributed by atoms with Crippen molar-refractivity contribution in [1.82, 2.24) is 15.2 Å². The fraction of sp³-hybridized carbons (Fsp3) is 0.652. The number of thioether (sulfide) groups is 1. The molecule has 7 heteroatoms. The number of ketones is 2. The molecule has 6 nitrogen and oxygen atoms in total. The molecule has 4 aliphatic carbocycles. The van der Waals surface area contributed by atoms with E-state index in [-0.39, 0.29) is 22.2 Å². The molecule has 4 bridgehead atoms. The van der Waals surface area contributed by atoms with Gasteiger partial charge in [0, 0.05) is 16.7 Å². The van der Waals surface area contributed by atoms with E-state index in [2.05, 4.69) is 15.2 Å². The normalized spacial score (nSPS) is 30.6. The molecule has 160 valence electrons. The van der Waals surface area contributed by atoms with Gasteiger partial charge in [-0.25, -0.2) is 0 Å². The van der Waals surface area contributed by atoms with E-state index in [9.17, 15) is 9.59 Å². The van der Waals surface area contributed by atoms with E-state index in [4.69, 9.17) is 4.42 Å². The lowest BCUT2D eigenvalue weighted by atomic mass is 9.49. The SMILES string of the molecule is CC(=O)c1c(C)[nH]c(C(=O)[C@H](C)Sc2nnc(C34CC5CC(CC(C5)C3)C4)o2)c1C. The fourth-order valence-corrected chi connectivity index (χ4v) is 7.52. The maximum absolute atomic E-state index is 13.0. The molecule has 0 amide bonds. The zero-order chi connectivity index (χ0) is 21.2. The van der Waals surface area contributed by atoms with Crippen LogP contribution in [-0.4, -0.2) is 32.0 Å². The average molecular weight is 428 g/mol. The fourth-order valence-electron chi connectivity index (χ4n) is 6.78. The maximum Gasteiger partial charge on any atom is 0.277 e. The van der Waals surface area contributed by atoms with Gasteiger partial charge in [0.15, 0.2) is 11.6 Å². The van der Waals surface area contributed by atoms with Crippen LogP contribution in [0.15, 0.2) is 9.64 Å². The van der Waals surface area contributed by atoms with Gasteiger partial charge in [-0.3, -0.25) is 9.59 Å². The van der Waals surface area contributed by atoms with E-state index in [0.29, 0.717) is 16.5 Å². The molecule has 6 rings (SSSR count). The molecule has 30 heavy (non-hydrogen) atoms. The second-order valence-corrected chi connectivity index (χ2v) is 11.2. The Morgan fingerprint density at radius 2 is 1.70 bits per heavy atom. The van der Waals surface area contributed by atoms with Crippen LogP contribution in [0.2, 0.25) is 0 Å². The summed E-state index contributed by atoms with van der Waals surface area (Å²) >= 11 is 1.31. The van der Waals surface area contributed by atoms with Gasteiger partial charge in [0.1, 0.15) is 0 Å². The molecule has 1 atom stereocenters. The minimum Gasteiger partial charge on any atom is -0.415 e. The number of rotatable bonds is 6. The number of Topliss-reactive ketones (excluding diaryl/α,β-unsaturated/α-hetero) is 2. The first kappa shape index (κ1) is 20.0. The maximum atomic E-state index is 13.0. The van der Waals surface area contributed by atoms with Crippen molar-refractivity contribution < 1.29 is 14.0 Å². The Hall–Kier alpha value is -1.89. The van der Waals surface area contributed by atoms with Gasteiger partial charge in [0.25, 0.3) is 5.22 Å². The molecule has 4 saturated carbocycles. The van der Waals surface area contributed by atoms with Crippen LogP contribution in [0.3, 0.4) is 0 Å². The summed E-state index contributed by atoms with van der Waals surface area (Å²) in [6.07, 6.45) is 7.64. The van der Waals surface area contributed by atoms with Crippen molar-refractivity contribution in [1.29, 1.82) is 0 Å². The van der Waals surface area contributed by atoms with Crippen molar-refractivity contribution in [3.05, 3.63) is 28.4 Å². The van der Waals surface area contributed by atoms with Gasteiger partial charge in [0.05, 0.1) is 10.9 Å². The van der Waals surface area contributed by atoms with Gasteiger partial charge in [-0.1, -0.05) is 11.8 Å². The Morgan fingerprint density at radius 1 is 1.10 bits per heavy atom. The number of aromatic amines is 1. The average Bonchev–Trinajstić information content (AvgIpc) is 3.24. The van der Waals surface area contributed by atoms with Crippen molar-refractivity contribution in [3.8, 4) is 0 Å². The van der Waals surface area contributed by atoms with E-state index >= 15 is 0 Å². The number of H-pyrrole nitrogens is 1. The highest BCUT2D eigenvalue weighted by Crippen LogP contribution is 2.60. The Bertz CT molecular complexity index is 986. The van der Waals surface area contributed by atoms with Crippen molar-refractivity contribution in [2.75, 3.05) is 0 Å². The second-order valence-electron chi connectivity index (χ2n) is 9.88. The Balaban J connectivity index is 1.33. The molecule has 4 fully saturated rings. The lowest BCUT2D eigenvalue weighted by Crippen LogP contribution is -2.48. The molecule has 2 heterocycles. The van der Waals surface area contributed by atoms with Crippen molar-refractivity contribution in [2.24, 2.45) is 17.8 Å². The zero-order valence-corrected chi connectivity index (χ0v) is 18.9. The smallest absolute Gasteiger partial charge is 0.277 e. The molecule has 4 aliphatic rings. The van der Waals surface area contributed by atoms with Crippen LogP contribution in [0.25, 0.3) is 0 Å². The number of carbonyl (C=O) groups excluding carboxylic acids is 2. The number of hydrogen-bond acceptors (Lipinski definition) is 6. The third-order valence-electron chi connectivity index (χ3n) is 7.58. The van der Waals surface area contributed by atoms with E-state index in [1.54, 1.807) is 0 Å². The minimum atomic E-state index is -0.383. The minimum absolute atomic E-state index is 0.0299. The lowest BCUT2D eigenvalue weighted by Gasteiger charge is -2.55. The molecular weight excluding hydrogens is 398 g/mol. The molecule has 0 unspecified atom stereocenters. The molecule has 0 saturated heterocycles. The molecule has 2 aromatic heterocycles. The van der Waals surface area contributed by atoms with E-state index in [1.165, 1.54) is 57.2 Å². The molecule has 0 aliphatic heterocycles. The predicted molar refractivity (Wildman–Crippen MR) is 114 cm³/mol. The zero-order valence-electron chi connectivity index (χ0n) is 18.1. The molecule has 0 aromatic carbocycles. The predicted octanol–water partition coefficient (Wildman–Crippen LogP) is 5.05. The van der Waals surface area contributed by atoms with Gasteiger partial charge < -0.3 is 9.40 Å². The third-order valence-corrected chi connectivity index (χ3v) is 8.52. The number of nitrogens with zero attached hydrogens (tertiary/aromatic N) is 2. The molecule has 2 aromatic rings. The summed E-state index contributed by atoms with van der Waals surface area (Å²) in [4.78, 5) is 28.0. The molecule has 1 N–H and O–H groups in total. The van der Waals surface area contributed by atoms with Gasteiger partial charge in [-0.15, -0.1) is 10.2 Å². The van der Waals surface area contributed by atoms with Crippen molar-refractivity contribution in [3.63, 3.8) is 0 Å². The van der Waals surface area contributed by atoms with Crippen LogP contribution < -0.4 is 0 Å². The number of hydrogen-bond donors (Lipinski definition) is 1. The third kappa shape index (κ3) is 3.17. The largest absolute Gasteiger partial charge is 0.415 e. The highest BCUT2D eigenvalue weighted by molar-refractivity contribution is 8.00. The first-order chi connectivity index (χ1) is 14.3. The Kier molecular flexibility index (Phi) is 4.73. The van der Waals surface area contributed by atoms with Crippen LogP contribution in [-0.2, 0) is 5.41 Å². The highest BCUT2D eigenvalue weighted by atomic mass is 32.2. The van der Waals surface area contributed by atoms with Gasteiger partial charge in [0.2, 0.25) is 5.89 Å². The topological polar surface area (TPSA) is 88.9 Å². The summed E-state index contributed by atoms with van der Waals surface area (Å²) in [5.41, 5.74) is 2.63. The highest BCUT2D eigenvalue weighted by Gasteiger charge is 2.54. The van der Waals surface area contributed by atoms with Crippen LogP contribution in [0.5, 0.6) is 0 Å². The summed E-state index contributed by atoms with van der Waals surface area (Å²) in [5.74, 6) is 3.15. The van der Waals surface area contributed by atoms with Crippen LogP contribution in [0.1, 0.15) is 90.4 Å². The first-order valence-corrected chi connectivity index (χ1v) is 11.9. The van der Waals surface area contributed by atoms with Crippen molar-refractivity contribution >= 4 is 23.3 Å². The van der Waals surface area contributed by atoms with Gasteiger partial charge in [-0.2, -0.15) is 0 Å². The summed E-state index contributed by atoms with van der Waals surface area (Å²) in [6, 6.07) is 0. The second kappa shape index (κ2) is 7.08. The van der Waals surface area contributed by atoms with Crippen LogP contribution in [0.4, 0.5) is 0 Å². The molecule has 0 radical (unpaired) electrons.